The van der Waals surface area contributed by atoms with Crippen molar-refractivity contribution in [2.75, 3.05) is 6.54 Å². The fraction of sp³-hybridized carbons (Fsp3) is 0.273. The van der Waals surface area contributed by atoms with Gasteiger partial charge in [-0.2, -0.15) is 0 Å². The van der Waals surface area contributed by atoms with E-state index in [4.69, 9.17) is 5.73 Å². The second-order valence-electron chi connectivity index (χ2n) is 3.38. The van der Waals surface area contributed by atoms with Crippen molar-refractivity contribution in [2.45, 2.75) is 13.3 Å². The molecule has 2 heterocycles. The highest BCUT2D eigenvalue weighted by molar-refractivity contribution is 5.47. The first-order chi connectivity index (χ1) is 7.79. The first-order valence-electron chi connectivity index (χ1n) is 5.12. The highest BCUT2D eigenvalue weighted by Crippen LogP contribution is 2.10. The molecule has 0 aliphatic heterocycles. The Morgan fingerprint density at radius 3 is 2.75 bits per heavy atom. The standard InChI is InChI=1S/C11H13N5/c1-8-14-10(5-6-12)16-11(15-8)9-4-2-3-7-13-9/h2-4,7H,5-6,12H2,1H3. The van der Waals surface area contributed by atoms with Crippen LogP contribution in [0.3, 0.4) is 0 Å². The van der Waals surface area contributed by atoms with Crippen molar-refractivity contribution in [1.29, 1.82) is 0 Å². The van der Waals surface area contributed by atoms with Gasteiger partial charge >= 0.3 is 0 Å². The second-order valence-corrected chi connectivity index (χ2v) is 3.38. The zero-order chi connectivity index (χ0) is 11.4. The summed E-state index contributed by atoms with van der Waals surface area (Å²) in [5, 5.41) is 0. The molecule has 82 valence electrons. The third-order valence-electron chi connectivity index (χ3n) is 2.06. The van der Waals surface area contributed by atoms with Crippen LogP contribution in [0.5, 0.6) is 0 Å². The summed E-state index contributed by atoms with van der Waals surface area (Å²) in [5.74, 6) is 2.02. The van der Waals surface area contributed by atoms with E-state index in [2.05, 4.69) is 19.9 Å². The molecule has 0 unspecified atom stereocenters. The van der Waals surface area contributed by atoms with E-state index in [1.165, 1.54) is 0 Å². The molecule has 0 saturated heterocycles. The first-order valence-corrected chi connectivity index (χ1v) is 5.12. The lowest BCUT2D eigenvalue weighted by Gasteiger charge is -2.03. The van der Waals surface area contributed by atoms with Gasteiger partial charge in [0.2, 0.25) is 0 Å². The van der Waals surface area contributed by atoms with Crippen LogP contribution in [0.2, 0.25) is 0 Å². The molecule has 0 amide bonds. The lowest BCUT2D eigenvalue weighted by Crippen LogP contribution is -2.09. The van der Waals surface area contributed by atoms with Gasteiger partial charge in [0.15, 0.2) is 5.82 Å². The van der Waals surface area contributed by atoms with Gasteiger partial charge in [0.1, 0.15) is 17.3 Å². The second kappa shape index (κ2) is 4.76. The molecule has 0 atom stereocenters. The molecule has 2 N–H and O–H groups in total. The van der Waals surface area contributed by atoms with Crippen LogP contribution >= 0.6 is 0 Å². The SMILES string of the molecule is Cc1nc(CCN)nc(-c2ccccn2)n1. The quantitative estimate of drug-likeness (QED) is 0.817. The maximum Gasteiger partial charge on any atom is 0.181 e. The Morgan fingerprint density at radius 2 is 2.06 bits per heavy atom. The van der Waals surface area contributed by atoms with Gasteiger partial charge in [-0.3, -0.25) is 4.98 Å². The van der Waals surface area contributed by atoms with Crippen LogP contribution in [0.25, 0.3) is 11.5 Å². The fourth-order valence-corrected chi connectivity index (χ4v) is 1.39. The topological polar surface area (TPSA) is 77.6 Å². The Labute approximate surface area is 93.8 Å². The third-order valence-corrected chi connectivity index (χ3v) is 2.06. The van der Waals surface area contributed by atoms with E-state index >= 15 is 0 Å². The smallest absolute Gasteiger partial charge is 0.181 e. The first kappa shape index (κ1) is 10.6. The van der Waals surface area contributed by atoms with Gasteiger partial charge in [-0.25, -0.2) is 15.0 Å². The number of nitrogens with zero attached hydrogens (tertiary/aromatic N) is 4. The van der Waals surface area contributed by atoms with Gasteiger partial charge in [-0.1, -0.05) is 6.07 Å². The van der Waals surface area contributed by atoms with Crippen molar-refractivity contribution in [3.8, 4) is 11.5 Å². The molecule has 0 bridgehead atoms. The van der Waals surface area contributed by atoms with Gasteiger partial charge in [-0.15, -0.1) is 0 Å². The summed E-state index contributed by atoms with van der Waals surface area (Å²) in [4.78, 5) is 17.0. The van der Waals surface area contributed by atoms with Crippen molar-refractivity contribution in [2.24, 2.45) is 5.73 Å². The number of aryl methyl sites for hydroxylation is 1. The van der Waals surface area contributed by atoms with E-state index in [0.717, 1.165) is 11.5 Å². The van der Waals surface area contributed by atoms with Crippen molar-refractivity contribution in [3.05, 3.63) is 36.0 Å². The van der Waals surface area contributed by atoms with Gasteiger partial charge < -0.3 is 5.73 Å². The van der Waals surface area contributed by atoms with Crippen LogP contribution in [-0.4, -0.2) is 26.5 Å². The Morgan fingerprint density at radius 1 is 1.19 bits per heavy atom. The number of aromatic nitrogens is 4. The predicted molar refractivity (Wildman–Crippen MR) is 60.6 cm³/mol. The Bertz CT molecular complexity index is 469. The molecule has 5 nitrogen and oxygen atoms in total. The van der Waals surface area contributed by atoms with Gasteiger partial charge in [-0.05, 0) is 25.6 Å². The largest absolute Gasteiger partial charge is 0.330 e. The number of nitrogens with two attached hydrogens (primary N) is 1. The Balaban J connectivity index is 2.41. The summed E-state index contributed by atoms with van der Waals surface area (Å²) < 4.78 is 0. The highest BCUT2D eigenvalue weighted by Gasteiger charge is 2.06. The van der Waals surface area contributed by atoms with Crippen LogP contribution in [-0.2, 0) is 6.42 Å². The number of pyridine rings is 1. The molecular formula is C11H13N5. The average Bonchev–Trinajstić information content (AvgIpc) is 2.30. The van der Waals surface area contributed by atoms with Crippen molar-refractivity contribution < 1.29 is 0 Å². The fourth-order valence-electron chi connectivity index (χ4n) is 1.39. The maximum absolute atomic E-state index is 5.48. The van der Waals surface area contributed by atoms with E-state index in [-0.39, 0.29) is 0 Å². The molecule has 0 saturated carbocycles. The summed E-state index contributed by atoms with van der Waals surface area (Å²) >= 11 is 0. The predicted octanol–water partition coefficient (Wildman–Crippen LogP) is 0.743. The number of rotatable bonds is 3. The van der Waals surface area contributed by atoms with Crippen LogP contribution in [0, 0.1) is 6.92 Å². The molecule has 0 radical (unpaired) electrons. The summed E-state index contributed by atoms with van der Waals surface area (Å²) in [5.41, 5.74) is 6.24. The zero-order valence-corrected chi connectivity index (χ0v) is 9.09. The monoisotopic (exact) mass is 215 g/mol. The molecule has 2 rings (SSSR count). The van der Waals surface area contributed by atoms with E-state index in [0.29, 0.717) is 24.6 Å². The van der Waals surface area contributed by atoms with Gasteiger partial charge in [0, 0.05) is 12.6 Å². The minimum Gasteiger partial charge on any atom is -0.330 e. The highest BCUT2D eigenvalue weighted by atomic mass is 15.0. The summed E-state index contributed by atoms with van der Waals surface area (Å²) in [7, 11) is 0. The molecule has 2 aromatic heterocycles. The summed E-state index contributed by atoms with van der Waals surface area (Å²) in [6, 6.07) is 5.64. The molecule has 0 aliphatic rings. The van der Waals surface area contributed by atoms with Crippen molar-refractivity contribution in [3.63, 3.8) is 0 Å². The summed E-state index contributed by atoms with van der Waals surface area (Å²) in [6.07, 6.45) is 2.38. The van der Waals surface area contributed by atoms with E-state index in [1.807, 2.05) is 25.1 Å². The maximum atomic E-state index is 5.48. The average molecular weight is 215 g/mol. The lowest BCUT2D eigenvalue weighted by molar-refractivity contribution is 0.825. The molecule has 2 aromatic rings. The molecule has 0 fully saturated rings. The van der Waals surface area contributed by atoms with E-state index < -0.39 is 0 Å². The van der Waals surface area contributed by atoms with Crippen LogP contribution in [0.4, 0.5) is 0 Å². The van der Waals surface area contributed by atoms with Gasteiger partial charge in [0.05, 0.1) is 0 Å². The molecule has 0 aromatic carbocycles. The van der Waals surface area contributed by atoms with Crippen LogP contribution in [0.15, 0.2) is 24.4 Å². The number of hydrogen-bond acceptors (Lipinski definition) is 5. The lowest BCUT2D eigenvalue weighted by atomic mass is 10.3. The van der Waals surface area contributed by atoms with Gasteiger partial charge in [0.25, 0.3) is 0 Å². The molecule has 16 heavy (non-hydrogen) atoms. The molecule has 0 aliphatic carbocycles. The number of hydrogen-bond donors (Lipinski definition) is 1. The zero-order valence-electron chi connectivity index (χ0n) is 9.09. The molecule has 0 spiro atoms. The summed E-state index contributed by atoms with van der Waals surface area (Å²) in [6.45, 7) is 2.37. The normalized spacial score (nSPS) is 10.4. The van der Waals surface area contributed by atoms with Crippen LogP contribution < -0.4 is 5.73 Å². The van der Waals surface area contributed by atoms with Crippen molar-refractivity contribution in [1.82, 2.24) is 19.9 Å². The van der Waals surface area contributed by atoms with Crippen molar-refractivity contribution >= 4 is 0 Å². The Kier molecular flexibility index (Phi) is 3.16. The van der Waals surface area contributed by atoms with E-state index in [1.54, 1.807) is 6.20 Å². The molecule has 5 heteroatoms. The van der Waals surface area contributed by atoms with Crippen LogP contribution in [0.1, 0.15) is 11.6 Å². The third kappa shape index (κ3) is 2.38. The van der Waals surface area contributed by atoms with E-state index in [9.17, 15) is 0 Å². The molecular weight excluding hydrogens is 202 g/mol. The minimum absolute atomic E-state index is 0.533. The minimum atomic E-state index is 0.533. The Hall–Kier alpha value is -1.88.